The number of ether oxygens (including phenoxy) is 2. The minimum atomic E-state index is -0.425. The van der Waals surface area contributed by atoms with E-state index in [4.69, 9.17) is 9.47 Å². The van der Waals surface area contributed by atoms with E-state index in [-0.39, 0.29) is 5.91 Å². The van der Waals surface area contributed by atoms with Crippen LogP contribution in [0.25, 0.3) is 0 Å². The molecule has 4 nitrogen and oxygen atoms in total. The van der Waals surface area contributed by atoms with Crippen molar-refractivity contribution < 1.29 is 18.7 Å². The van der Waals surface area contributed by atoms with E-state index < -0.39 is 11.9 Å². The Bertz CT molecular complexity index is 463. The lowest BCUT2D eigenvalue weighted by molar-refractivity contribution is -0.121. The molecule has 1 amide bonds. The largest absolute Gasteiger partial charge is 0.493 e. The van der Waals surface area contributed by atoms with Gasteiger partial charge in [-0.25, -0.2) is 4.39 Å². The van der Waals surface area contributed by atoms with Crippen LogP contribution in [0.4, 0.5) is 4.39 Å². The van der Waals surface area contributed by atoms with Crippen molar-refractivity contribution in [2.45, 2.75) is 39.2 Å². The summed E-state index contributed by atoms with van der Waals surface area (Å²) in [6.45, 7) is 3.76. The Balaban J connectivity index is 2.87. The molecule has 0 aliphatic heterocycles. The first kappa shape index (κ1) is 16.3. The minimum absolute atomic E-state index is 0.0754. The predicted molar refractivity (Wildman–Crippen MR) is 75.6 cm³/mol. The molecule has 0 aliphatic carbocycles. The first-order valence-corrected chi connectivity index (χ1v) is 6.74. The summed E-state index contributed by atoms with van der Waals surface area (Å²) in [7, 11) is 2.94. The lowest BCUT2D eigenvalue weighted by Crippen LogP contribution is -2.27. The zero-order chi connectivity index (χ0) is 15.1. The predicted octanol–water partition coefficient (Wildman–Crippen LogP) is 3.21. The molecule has 20 heavy (non-hydrogen) atoms. The quantitative estimate of drug-likeness (QED) is 0.836. The normalized spacial score (nSPS) is 11.8. The highest BCUT2D eigenvalue weighted by molar-refractivity contribution is 5.76. The van der Waals surface area contributed by atoms with Crippen LogP contribution in [0.2, 0.25) is 0 Å². The van der Waals surface area contributed by atoms with Crippen LogP contribution in [0.15, 0.2) is 12.1 Å². The van der Waals surface area contributed by atoms with Crippen molar-refractivity contribution in [1.29, 1.82) is 0 Å². The highest BCUT2D eigenvalue weighted by Gasteiger charge is 2.17. The Kier molecular flexibility index (Phi) is 6.28. The van der Waals surface area contributed by atoms with Crippen molar-refractivity contribution >= 4 is 5.91 Å². The van der Waals surface area contributed by atoms with Crippen LogP contribution in [-0.4, -0.2) is 20.1 Å². The van der Waals surface area contributed by atoms with Crippen LogP contribution < -0.4 is 14.8 Å². The van der Waals surface area contributed by atoms with Gasteiger partial charge in [-0.2, -0.15) is 0 Å². The average Bonchev–Trinajstić information content (AvgIpc) is 2.44. The van der Waals surface area contributed by atoms with Crippen LogP contribution in [0.1, 0.15) is 44.7 Å². The highest BCUT2D eigenvalue weighted by atomic mass is 19.1. The maximum atomic E-state index is 14.0. The summed E-state index contributed by atoms with van der Waals surface area (Å²) >= 11 is 0. The van der Waals surface area contributed by atoms with Crippen LogP contribution >= 0.6 is 0 Å². The molecule has 1 N–H and O–H groups in total. The number of rotatable bonds is 7. The van der Waals surface area contributed by atoms with Gasteiger partial charge in [0.1, 0.15) is 5.82 Å². The van der Waals surface area contributed by atoms with E-state index in [2.05, 4.69) is 5.32 Å². The number of benzene rings is 1. The van der Waals surface area contributed by atoms with Gasteiger partial charge in [0.25, 0.3) is 0 Å². The standard InChI is InChI=1S/C15H22FNO3/c1-5-6-7-15(18)17-10(2)11-8-13(19-3)14(20-4)9-12(11)16/h8-10H,5-7H2,1-4H3,(H,17,18)/t10-/m0/s1. The highest BCUT2D eigenvalue weighted by Crippen LogP contribution is 2.32. The summed E-state index contributed by atoms with van der Waals surface area (Å²) in [6.07, 6.45) is 2.23. The third-order valence-electron chi connectivity index (χ3n) is 3.10. The fourth-order valence-electron chi connectivity index (χ4n) is 1.93. The van der Waals surface area contributed by atoms with Crippen molar-refractivity contribution in [1.82, 2.24) is 5.32 Å². The van der Waals surface area contributed by atoms with Crippen molar-refractivity contribution in [3.05, 3.63) is 23.5 Å². The van der Waals surface area contributed by atoms with Gasteiger partial charge in [0.05, 0.1) is 20.3 Å². The van der Waals surface area contributed by atoms with E-state index in [1.54, 1.807) is 13.0 Å². The molecule has 0 bridgehead atoms. The summed E-state index contributed by atoms with van der Waals surface area (Å²) in [6, 6.07) is 2.40. The van der Waals surface area contributed by atoms with Crippen LogP contribution in [-0.2, 0) is 4.79 Å². The number of hydrogen-bond acceptors (Lipinski definition) is 3. The number of nitrogens with one attached hydrogen (secondary N) is 1. The zero-order valence-electron chi connectivity index (χ0n) is 12.5. The Morgan fingerprint density at radius 3 is 2.45 bits per heavy atom. The molecule has 0 aliphatic rings. The number of carbonyl (C=O) groups excluding carboxylic acids is 1. The maximum absolute atomic E-state index is 14.0. The topological polar surface area (TPSA) is 47.6 Å². The molecule has 0 aromatic heterocycles. The molecule has 0 saturated carbocycles. The lowest BCUT2D eigenvalue weighted by Gasteiger charge is -2.17. The molecule has 5 heteroatoms. The van der Waals surface area contributed by atoms with Crippen LogP contribution in [0.5, 0.6) is 11.5 Å². The minimum Gasteiger partial charge on any atom is -0.493 e. The molecule has 0 spiro atoms. The van der Waals surface area contributed by atoms with Crippen molar-refractivity contribution in [3.63, 3.8) is 0 Å². The zero-order valence-corrected chi connectivity index (χ0v) is 12.5. The summed E-state index contributed by atoms with van der Waals surface area (Å²) in [5.41, 5.74) is 0.382. The Labute approximate surface area is 119 Å². The molecule has 0 heterocycles. The lowest BCUT2D eigenvalue weighted by atomic mass is 10.1. The Morgan fingerprint density at radius 2 is 1.90 bits per heavy atom. The van der Waals surface area contributed by atoms with E-state index in [1.165, 1.54) is 20.3 Å². The van der Waals surface area contributed by atoms with Gasteiger partial charge in [-0.3, -0.25) is 4.79 Å². The summed E-state index contributed by atoms with van der Waals surface area (Å²) in [5.74, 6) is 0.274. The van der Waals surface area contributed by atoms with E-state index in [0.717, 1.165) is 12.8 Å². The van der Waals surface area contributed by atoms with E-state index in [1.807, 2.05) is 6.92 Å². The van der Waals surface area contributed by atoms with Crippen molar-refractivity contribution in [2.75, 3.05) is 14.2 Å². The van der Waals surface area contributed by atoms with Gasteiger partial charge in [0.15, 0.2) is 11.5 Å². The summed E-state index contributed by atoms with van der Waals surface area (Å²) in [5, 5.41) is 2.79. The molecular weight excluding hydrogens is 261 g/mol. The van der Waals surface area contributed by atoms with E-state index in [0.29, 0.717) is 23.5 Å². The van der Waals surface area contributed by atoms with Crippen LogP contribution in [0, 0.1) is 5.82 Å². The summed E-state index contributed by atoms with van der Waals surface area (Å²) in [4.78, 5) is 11.7. The van der Waals surface area contributed by atoms with E-state index in [9.17, 15) is 9.18 Å². The fraction of sp³-hybridized carbons (Fsp3) is 0.533. The molecule has 0 unspecified atom stereocenters. The molecule has 1 atom stereocenters. The number of unbranched alkanes of at least 4 members (excludes halogenated alkanes) is 1. The molecule has 1 rings (SSSR count). The van der Waals surface area contributed by atoms with E-state index >= 15 is 0 Å². The number of methoxy groups -OCH3 is 2. The fourth-order valence-corrected chi connectivity index (χ4v) is 1.93. The van der Waals surface area contributed by atoms with Crippen molar-refractivity contribution in [3.8, 4) is 11.5 Å². The molecule has 112 valence electrons. The smallest absolute Gasteiger partial charge is 0.220 e. The second-order valence-electron chi connectivity index (χ2n) is 4.62. The first-order valence-electron chi connectivity index (χ1n) is 6.74. The maximum Gasteiger partial charge on any atom is 0.220 e. The third-order valence-corrected chi connectivity index (χ3v) is 3.10. The molecule has 1 aromatic rings. The number of halogens is 1. The second-order valence-corrected chi connectivity index (χ2v) is 4.62. The van der Waals surface area contributed by atoms with Gasteiger partial charge < -0.3 is 14.8 Å². The first-order chi connectivity index (χ1) is 9.53. The molecule has 0 radical (unpaired) electrons. The van der Waals surface area contributed by atoms with Gasteiger partial charge in [0, 0.05) is 18.1 Å². The molecule has 1 aromatic carbocycles. The van der Waals surface area contributed by atoms with Gasteiger partial charge in [-0.1, -0.05) is 13.3 Å². The van der Waals surface area contributed by atoms with Gasteiger partial charge in [-0.15, -0.1) is 0 Å². The van der Waals surface area contributed by atoms with Crippen LogP contribution in [0.3, 0.4) is 0 Å². The second kappa shape index (κ2) is 7.72. The molecule has 0 saturated heterocycles. The average molecular weight is 283 g/mol. The Hall–Kier alpha value is -1.78. The monoisotopic (exact) mass is 283 g/mol. The van der Waals surface area contributed by atoms with Gasteiger partial charge in [-0.05, 0) is 19.4 Å². The third kappa shape index (κ3) is 4.11. The van der Waals surface area contributed by atoms with Gasteiger partial charge >= 0.3 is 0 Å². The number of hydrogen-bond donors (Lipinski definition) is 1. The Morgan fingerprint density at radius 1 is 1.30 bits per heavy atom. The van der Waals surface area contributed by atoms with Gasteiger partial charge in [0.2, 0.25) is 5.91 Å². The number of amides is 1. The number of carbonyl (C=O) groups is 1. The van der Waals surface area contributed by atoms with Crippen molar-refractivity contribution in [2.24, 2.45) is 0 Å². The summed E-state index contributed by atoms with van der Waals surface area (Å²) < 4.78 is 24.2. The SMILES string of the molecule is CCCCC(=O)N[C@@H](C)c1cc(OC)c(OC)cc1F. The molecule has 0 fully saturated rings. The molecular formula is C15H22FNO3.